The number of hydrogen-bond acceptors (Lipinski definition) is 4. The van der Waals surface area contributed by atoms with E-state index in [2.05, 4.69) is 0 Å². The van der Waals surface area contributed by atoms with Gasteiger partial charge in [-0.1, -0.05) is 6.07 Å². The van der Waals surface area contributed by atoms with Gasteiger partial charge in [-0.25, -0.2) is 0 Å². The van der Waals surface area contributed by atoms with Crippen LogP contribution in [-0.2, 0) is 9.53 Å². The maximum atomic E-state index is 12.6. The van der Waals surface area contributed by atoms with E-state index in [4.69, 9.17) is 9.47 Å². The molecule has 2 rings (SSSR count). The number of ketones is 1. The highest BCUT2D eigenvalue weighted by atomic mass is 16.5. The van der Waals surface area contributed by atoms with Gasteiger partial charge in [-0.05, 0) is 43.9 Å². The Bertz CT molecular complexity index is 541. The molecule has 0 atom stereocenters. The van der Waals surface area contributed by atoms with Crippen LogP contribution in [0.25, 0.3) is 0 Å². The minimum atomic E-state index is -0.984. The number of methoxy groups -OCH3 is 2. The summed E-state index contributed by atoms with van der Waals surface area (Å²) in [5, 5.41) is 0. The molecule has 0 heterocycles. The largest absolute Gasteiger partial charge is 0.496 e. The molecule has 1 fully saturated rings. The Morgan fingerprint density at radius 1 is 1.16 bits per heavy atom. The van der Waals surface area contributed by atoms with Crippen LogP contribution in [-0.4, -0.2) is 26.0 Å². The summed E-state index contributed by atoms with van der Waals surface area (Å²) in [5.74, 6) is -0.0903. The maximum absolute atomic E-state index is 12.6. The predicted molar refractivity (Wildman–Crippen MR) is 70.5 cm³/mol. The monoisotopic (exact) mass is 262 g/mol. The molecule has 19 heavy (non-hydrogen) atoms. The normalized spacial score (nSPS) is 15.8. The quantitative estimate of drug-likeness (QED) is 0.475. The molecule has 102 valence electrons. The van der Waals surface area contributed by atoms with Crippen LogP contribution in [0.1, 0.15) is 34.3 Å². The molecule has 4 nitrogen and oxygen atoms in total. The summed E-state index contributed by atoms with van der Waals surface area (Å²) in [4.78, 5) is 24.4. The Hall–Kier alpha value is -1.84. The fraction of sp³-hybridized carbons (Fsp3) is 0.467. The Morgan fingerprint density at radius 2 is 1.79 bits per heavy atom. The molecule has 1 aliphatic rings. The first-order valence-electron chi connectivity index (χ1n) is 6.24. The van der Waals surface area contributed by atoms with Crippen molar-refractivity contribution in [2.45, 2.75) is 26.7 Å². The SMILES string of the molecule is COC(=O)C1(C(=O)c2cc(C)cc(C)c2OC)CC1. The zero-order valence-electron chi connectivity index (χ0n) is 11.7. The number of benzene rings is 1. The summed E-state index contributed by atoms with van der Waals surface area (Å²) in [5.41, 5.74) is 1.36. The average Bonchev–Trinajstić information content (AvgIpc) is 3.17. The fourth-order valence-electron chi connectivity index (χ4n) is 2.50. The highest BCUT2D eigenvalue weighted by Crippen LogP contribution is 2.50. The van der Waals surface area contributed by atoms with Crippen LogP contribution < -0.4 is 4.74 Å². The number of Topliss-reactive ketones (excluding diaryl/α,β-unsaturated/α-hetero) is 1. The van der Waals surface area contributed by atoms with Gasteiger partial charge in [0.05, 0.1) is 19.8 Å². The number of ether oxygens (including phenoxy) is 2. The van der Waals surface area contributed by atoms with Gasteiger partial charge in [-0.3, -0.25) is 9.59 Å². The summed E-state index contributed by atoms with van der Waals surface area (Å²) in [6, 6.07) is 3.73. The van der Waals surface area contributed by atoms with E-state index in [0.717, 1.165) is 11.1 Å². The number of esters is 1. The van der Waals surface area contributed by atoms with E-state index < -0.39 is 11.4 Å². The lowest BCUT2D eigenvalue weighted by molar-refractivity contribution is -0.145. The molecular weight excluding hydrogens is 244 g/mol. The molecule has 4 heteroatoms. The van der Waals surface area contributed by atoms with Gasteiger partial charge < -0.3 is 9.47 Å². The molecular formula is C15H18O4. The van der Waals surface area contributed by atoms with Gasteiger partial charge in [0.15, 0.2) is 5.78 Å². The van der Waals surface area contributed by atoms with E-state index in [1.54, 1.807) is 6.07 Å². The second-order valence-corrected chi connectivity index (χ2v) is 5.07. The van der Waals surface area contributed by atoms with Crippen molar-refractivity contribution in [3.63, 3.8) is 0 Å². The average molecular weight is 262 g/mol. The van der Waals surface area contributed by atoms with Crippen LogP contribution in [0.2, 0.25) is 0 Å². The third-order valence-electron chi connectivity index (χ3n) is 3.63. The minimum absolute atomic E-state index is 0.192. The number of hydrogen-bond donors (Lipinski definition) is 0. The summed E-state index contributed by atoms with van der Waals surface area (Å²) in [6.45, 7) is 3.81. The smallest absolute Gasteiger partial charge is 0.319 e. The first kappa shape index (κ1) is 13.6. The number of carbonyl (C=O) groups is 2. The molecule has 0 bridgehead atoms. The molecule has 0 aromatic heterocycles. The van der Waals surface area contributed by atoms with Gasteiger partial charge in [0.25, 0.3) is 0 Å². The second kappa shape index (κ2) is 4.68. The fourth-order valence-corrected chi connectivity index (χ4v) is 2.50. The minimum Gasteiger partial charge on any atom is -0.496 e. The Labute approximate surface area is 112 Å². The third-order valence-corrected chi connectivity index (χ3v) is 3.63. The van der Waals surface area contributed by atoms with Crippen molar-refractivity contribution in [2.75, 3.05) is 14.2 Å². The van der Waals surface area contributed by atoms with E-state index in [-0.39, 0.29) is 5.78 Å². The van der Waals surface area contributed by atoms with Gasteiger partial charge >= 0.3 is 5.97 Å². The Kier molecular flexibility index (Phi) is 3.35. The zero-order valence-corrected chi connectivity index (χ0v) is 11.7. The van der Waals surface area contributed by atoms with Crippen molar-refractivity contribution in [1.82, 2.24) is 0 Å². The van der Waals surface area contributed by atoms with Crippen LogP contribution in [0.5, 0.6) is 5.75 Å². The van der Waals surface area contributed by atoms with Gasteiger partial charge in [-0.2, -0.15) is 0 Å². The molecule has 1 aromatic carbocycles. The second-order valence-electron chi connectivity index (χ2n) is 5.07. The molecule has 0 aliphatic heterocycles. The summed E-state index contributed by atoms with van der Waals surface area (Å²) >= 11 is 0. The lowest BCUT2D eigenvalue weighted by Gasteiger charge is -2.16. The van der Waals surface area contributed by atoms with E-state index in [9.17, 15) is 9.59 Å². The molecule has 0 radical (unpaired) electrons. The molecule has 1 aromatic rings. The Morgan fingerprint density at radius 3 is 2.26 bits per heavy atom. The highest BCUT2D eigenvalue weighted by molar-refractivity contribution is 6.16. The topological polar surface area (TPSA) is 52.6 Å². The van der Waals surface area contributed by atoms with Gasteiger partial charge in [0.2, 0.25) is 0 Å². The molecule has 0 N–H and O–H groups in total. The predicted octanol–water partition coefficient (Wildman–Crippen LogP) is 2.45. The van der Waals surface area contributed by atoms with Gasteiger partial charge in [0, 0.05) is 0 Å². The van der Waals surface area contributed by atoms with Crippen molar-refractivity contribution in [3.8, 4) is 5.75 Å². The van der Waals surface area contributed by atoms with E-state index in [0.29, 0.717) is 24.2 Å². The summed E-state index contributed by atoms with van der Waals surface area (Å²) in [7, 11) is 2.85. The van der Waals surface area contributed by atoms with Gasteiger partial charge in [0.1, 0.15) is 11.2 Å². The zero-order chi connectivity index (χ0) is 14.2. The van der Waals surface area contributed by atoms with Crippen LogP contribution in [0.15, 0.2) is 12.1 Å². The molecule has 1 saturated carbocycles. The lowest BCUT2D eigenvalue weighted by atomic mass is 9.91. The third kappa shape index (κ3) is 2.11. The molecule has 0 unspecified atom stereocenters. The first-order valence-corrected chi connectivity index (χ1v) is 6.24. The molecule has 0 amide bonds. The number of carbonyl (C=O) groups excluding carboxylic acids is 2. The van der Waals surface area contributed by atoms with Crippen molar-refractivity contribution in [3.05, 3.63) is 28.8 Å². The van der Waals surface area contributed by atoms with Crippen molar-refractivity contribution in [2.24, 2.45) is 5.41 Å². The van der Waals surface area contributed by atoms with E-state index in [1.807, 2.05) is 19.9 Å². The standard InChI is InChI=1S/C15H18O4/c1-9-7-10(2)12(18-3)11(8-9)13(16)15(5-6-15)14(17)19-4/h7-8H,5-6H2,1-4H3. The Balaban J connectivity index is 2.48. The summed E-state index contributed by atoms with van der Waals surface area (Å²) in [6.07, 6.45) is 1.10. The van der Waals surface area contributed by atoms with Crippen molar-refractivity contribution in [1.29, 1.82) is 0 Å². The highest BCUT2D eigenvalue weighted by Gasteiger charge is 2.58. The molecule has 0 spiro atoms. The van der Waals surface area contributed by atoms with E-state index in [1.165, 1.54) is 14.2 Å². The van der Waals surface area contributed by atoms with E-state index >= 15 is 0 Å². The lowest BCUT2D eigenvalue weighted by Crippen LogP contribution is -2.27. The van der Waals surface area contributed by atoms with Crippen LogP contribution in [0.4, 0.5) is 0 Å². The van der Waals surface area contributed by atoms with Crippen LogP contribution >= 0.6 is 0 Å². The molecule has 0 saturated heterocycles. The van der Waals surface area contributed by atoms with Gasteiger partial charge in [-0.15, -0.1) is 0 Å². The number of rotatable bonds is 4. The summed E-state index contributed by atoms with van der Waals surface area (Å²) < 4.78 is 10.1. The van der Waals surface area contributed by atoms with Crippen molar-refractivity contribution < 1.29 is 19.1 Å². The first-order chi connectivity index (χ1) is 8.96. The maximum Gasteiger partial charge on any atom is 0.319 e. The number of aryl methyl sites for hydroxylation is 2. The van der Waals surface area contributed by atoms with Crippen LogP contribution in [0, 0.1) is 19.3 Å². The van der Waals surface area contributed by atoms with Crippen molar-refractivity contribution >= 4 is 11.8 Å². The van der Waals surface area contributed by atoms with Crippen LogP contribution in [0.3, 0.4) is 0 Å². The molecule has 1 aliphatic carbocycles.